The summed E-state index contributed by atoms with van der Waals surface area (Å²) >= 11 is -6.84. The van der Waals surface area contributed by atoms with E-state index in [2.05, 4.69) is 10.0 Å². The van der Waals surface area contributed by atoms with Crippen LogP contribution in [0.15, 0.2) is 0 Å². The minimum atomic E-state index is -6.84. The molecule has 0 amide bonds. The third kappa shape index (κ3) is 2.17. The van der Waals surface area contributed by atoms with Crippen molar-refractivity contribution >= 4 is 23.3 Å². The summed E-state index contributed by atoms with van der Waals surface area (Å²) in [6.07, 6.45) is 0. The molecule has 0 radical (unpaired) electrons. The average molecular weight is 215 g/mol. The van der Waals surface area contributed by atoms with Gasteiger partial charge in [0.2, 0.25) is 0 Å². The molecule has 0 aromatic rings. The van der Waals surface area contributed by atoms with Crippen LogP contribution in [0.5, 0.6) is 0 Å². The molecule has 0 aliphatic carbocycles. The van der Waals surface area contributed by atoms with E-state index in [1.54, 1.807) is 0 Å². The van der Waals surface area contributed by atoms with Crippen molar-refractivity contribution in [3.63, 3.8) is 0 Å². The molecule has 0 nitrogen and oxygen atoms in total. The summed E-state index contributed by atoms with van der Waals surface area (Å²) in [5.74, 6) is 0. The van der Waals surface area contributed by atoms with Crippen molar-refractivity contribution in [2.24, 2.45) is 0 Å². The Morgan fingerprint density at radius 3 is 1.25 bits per heavy atom. The van der Waals surface area contributed by atoms with Gasteiger partial charge in [-0.15, -0.1) is 0 Å². The van der Waals surface area contributed by atoms with Crippen LogP contribution in [0.4, 0.5) is 20.2 Å². The molecule has 0 saturated heterocycles. The standard InChI is InChI=1S/CClF5Ge/c2-8(6,7)1(3,4)5. The van der Waals surface area contributed by atoms with E-state index in [4.69, 9.17) is 0 Å². The van der Waals surface area contributed by atoms with E-state index in [0.717, 1.165) is 0 Å². The molecule has 50 valence electrons. The maximum atomic E-state index is 11.1. The van der Waals surface area contributed by atoms with Gasteiger partial charge in [0, 0.05) is 0 Å². The minimum absolute atomic E-state index is 3.74. The summed E-state index contributed by atoms with van der Waals surface area (Å²) in [7, 11) is 3.74. The first-order chi connectivity index (χ1) is 3.25. The molecular formula is CClF5Ge. The van der Waals surface area contributed by atoms with Gasteiger partial charge in [-0.2, -0.15) is 0 Å². The molecule has 0 rings (SSSR count). The molecule has 0 unspecified atom stereocenters. The molecule has 0 spiro atoms. The molecule has 0 fully saturated rings. The summed E-state index contributed by atoms with van der Waals surface area (Å²) in [6, 6.07) is 0. The van der Waals surface area contributed by atoms with E-state index in [0.29, 0.717) is 0 Å². The Bertz CT molecular complexity index is 67.4. The first-order valence-electron chi connectivity index (χ1n) is 1.38. The average Bonchev–Trinajstić information content (AvgIpc) is 1.25. The van der Waals surface area contributed by atoms with Crippen LogP contribution >= 0.6 is 10.0 Å². The van der Waals surface area contributed by atoms with E-state index in [1.165, 1.54) is 0 Å². The van der Waals surface area contributed by atoms with Crippen LogP contribution in [0.2, 0.25) is 0 Å². The Labute approximate surface area is 49.1 Å². The predicted molar refractivity (Wildman–Crippen MR) is 19.9 cm³/mol. The van der Waals surface area contributed by atoms with Gasteiger partial charge in [-0.1, -0.05) is 0 Å². The Morgan fingerprint density at radius 2 is 1.25 bits per heavy atom. The summed E-state index contributed by atoms with van der Waals surface area (Å²) < 4.78 is 54.4. The van der Waals surface area contributed by atoms with Gasteiger partial charge in [-0.25, -0.2) is 0 Å². The molecule has 7 heteroatoms. The molecular weight excluding hydrogens is 215 g/mol. The van der Waals surface area contributed by atoms with E-state index in [-0.39, 0.29) is 0 Å². The number of hydrogen-bond acceptors (Lipinski definition) is 0. The van der Waals surface area contributed by atoms with Gasteiger partial charge in [0.25, 0.3) is 0 Å². The van der Waals surface area contributed by atoms with Gasteiger partial charge in [-0.05, 0) is 0 Å². The SMILES string of the molecule is F[C](F)(F)[Ge]([F])([F])[Cl]. The fraction of sp³-hybridized carbons (Fsp3) is 1.00. The number of alkyl halides is 3. The molecule has 8 heavy (non-hydrogen) atoms. The normalized spacial score (nSPS) is 14.2. The summed E-state index contributed by atoms with van der Waals surface area (Å²) in [5, 5.41) is -5.44. The second kappa shape index (κ2) is 2.02. The summed E-state index contributed by atoms with van der Waals surface area (Å²) in [5.41, 5.74) is 0. The maximum absolute atomic E-state index is 11.1. The topological polar surface area (TPSA) is 0 Å². The van der Waals surface area contributed by atoms with E-state index >= 15 is 0 Å². The van der Waals surface area contributed by atoms with Gasteiger partial charge in [0.05, 0.1) is 0 Å². The predicted octanol–water partition coefficient (Wildman–Crippen LogP) is 2.20. The molecule has 0 aliphatic rings. The first kappa shape index (κ1) is 8.48. The molecule has 0 bridgehead atoms. The van der Waals surface area contributed by atoms with Crippen molar-refractivity contribution in [1.29, 1.82) is 0 Å². The van der Waals surface area contributed by atoms with Crippen LogP contribution < -0.4 is 0 Å². The molecule has 0 aromatic heterocycles. The fourth-order valence-corrected chi connectivity index (χ4v) is 0. The van der Waals surface area contributed by atoms with E-state index < -0.39 is 18.3 Å². The van der Waals surface area contributed by atoms with Crippen LogP contribution in [0, 0.1) is 0 Å². The fourth-order valence-electron chi connectivity index (χ4n) is 0. The third-order valence-electron chi connectivity index (χ3n) is 0.321. The quantitative estimate of drug-likeness (QED) is 0.429. The van der Waals surface area contributed by atoms with Crippen molar-refractivity contribution in [2.75, 3.05) is 0 Å². The van der Waals surface area contributed by atoms with E-state index in [1.807, 2.05) is 0 Å². The van der Waals surface area contributed by atoms with Crippen molar-refractivity contribution in [3.8, 4) is 0 Å². The van der Waals surface area contributed by atoms with Gasteiger partial charge >= 0.3 is 48.5 Å². The Balaban J connectivity index is 4.02. The zero-order chi connectivity index (χ0) is 7.00. The molecule has 0 aliphatic heterocycles. The van der Waals surface area contributed by atoms with E-state index in [9.17, 15) is 20.2 Å². The van der Waals surface area contributed by atoms with Gasteiger partial charge in [0.1, 0.15) is 0 Å². The van der Waals surface area contributed by atoms with Crippen molar-refractivity contribution in [1.82, 2.24) is 0 Å². The molecule has 0 saturated carbocycles. The van der Waals surface area contributed by atoms with Crippen LogP contribution in [-0.2, 0) is 0 Å². The number of hydrogen-bond donors (Lipinski definition) is 0. The number of rotatable bonds is 0. The Kier molecular flexibility index (Phi) is 2.14. The third-order valence-corrected chi connectivity index (χ3v) is 2.78. The Morgan fingerprint density at radius 1 is 1.12 bits per heavy atom. The zero-order valence-corrected chi connectivity index (χ0v) is 6.12. The molecule has 0 aromatic carbocycles. The molecule has 0 N–H and O–H groups in total. The van der Waals surface area contributed by atoms with Gasteiger partial charge in [0.15, 0.2) is 0 Å². The Hall–Kier alpha value is 0.483. The van der Waals surface area contributed by atoms with Crippen molar-refractivity contribution in [2.45, 2.75) is 5.01 Å². The second-order valence-corrected chi connectivity index (χ2v) is 6.74. The first-order valence-corrected chi connectivity index (χ1v) is 6.78. The summed E-state index contributed by atoms with van der Waals surface area (Å²) in [6.45, 7) is 0. The second-order valence-electron chi connectivity index (χ2n) is 0.996. The van der Waals surface area contributed by atoms with Gasteiger partial charge < -0.3 is 0 Å². The zero-order valence-electron chi connectivity index (χ0n) is 3.27. The molecule has 0 heterocycles. The van der Waals surface area contributed by atoms with Crippen molar-refractivity contribution in [3.05, 3.63) is 0 Å². The van der Waals surface area contributed by atoms with Crippen LogP contribution in [0.3, 0.4) is 0 Å². The van der Waals surface area contributed by atoms with Crippen LogP contribution in [0.1, 0.15) is 0 Å². The van der Waals surface area contributed by atoms with Crippen LogP contribution in [-0.4, -0.2) is 18.3 Å². The number of halogens is 6. The van der Waals surface area contributed by atoms with Crippen molar-refractivity contribution < 1.29 is 20.2 Å². The summed E-state index contributed by atoms with van der Waals surface area (Å²) in [4.78, 5) is 0. The van der Waals surface area contributed by atoms with Gasteiger partial charge in [-0.3, -0.25) is 0 Å². The molecule has 0 atom stereocenters. The van der Waals surface area contributed by atoms with Crippen LogP contribution in [0.25, 0.3) is 0 Å². The monoisotopic (exact) mass is 216 g/mol.